The van der Waals surface area contributed by atoms with Crippen molar-refractivity contribution in [3.05, 3.63) is 12.2 Å². The van der Waals surface area contributed by atoms with Gasteiger partial charge in [0.05, 0.1) is 5.41 Å². The van der Waals surface area contributed by atoms with Gasteiger partial charge in [0.15, 0.2) is 0 Å². The Bertz CT molecular complexity index is 785. The van der Waals surface area contributed by atoms with Crippen LogP contribution < -0.4 is 0 Å². The van der Waals surface area contributed by atoms with Gasteiger partial charge in [-0.25, -0.2) is 0 Å². The summed E-state index contributed by atoms with van der Waals surface area (Å²) >= 11 is 0. The summed E-state index contributed by atoms with van der Waals surface area (Å²) < 4.78 is 6.70. The molecule has 13 atom stereocenters. The average Bonchev–Trinajstić information content (AvgIpc) is 3.08. The zero-order valence-corrected chi connectivity index (χ0v) is 19.4. The van der Waals surface area contributed by atoms with Gasteiger partial charge in [0.1, 0.15) is 5.60 Å². The van der Waals surface area contributed by atoms with Crippen molar-refractivity contribution in [1.29, 1.82) is 0 Å². The molecule has 5 aliphatic rings. The largest absolute Gasteiger partial charge is 0.458 e. The monoisotopic (exact) mass is 384 g/mol. The quantitative estimate of drug-likeness (QED) is 0.380. The molecule has 5 fully saturated rings. The molecule has 0 amide bonds. The minimum Gasteiger partial charge on any atom is -0.458 e. The lowest BCUT2D eigenvalue weighted by Crippen LogP contribution is -2.59. The van der Waals surface area contributed by atoms with Gasteiger partial charge in [0.25, 0.3) is 0 Å². The normalized spacial score (nSPS) is 67.2. The Balaban J connectivity index is 1.82. The zero-order valence-electron chi connectivity index (χ0n) is 19.4. The molecule has 1 saturated heterocycles. The first-order valence-corrected chi connectivity index (χ1v) is 11.8. The van der Waals surface area contributed by atoms with Gasteiger partial charge >= 0.3 is 5.97 Å². The maximum Gasteiger partial charge on any atom is 0.313 e. The fourth-order valence-electron chi connectivity index (χ4n) is 10.5. The SMILES string of the molecule is C=C1[C@@H](C)[C@]23C[C@@]1(C)C(C)C(C)C2[C@]12OC(=O)[C@](C)(C(C)C(C)C1C)C2[C@@H]3C. The van der Waals surface area contributed by atoms with Crippen molar-refractivity contribution in [1.82, 2.24) is 0 Å². The number of carbonyl (C=O) groups is 1. The molecule has 5 rings (SSSR count). The molecule has 0 N–H and O–H groups in total. The Morgan fingerprint density at radius 2 is 1.46 bits per heavy atom. The molecular formula is C26H40O2. The third kappa shape index (κ3) is 1.47. The summed E-state index contributed by atoms with van der Waals surface area (Å²) in [5.74, 6) is 4.30. The van der Waals surface area contributed by atoms with Crippen LogP contribution in [-0.2, 0) is 9.53 Å². The van der Waals surface area contributed by atoms with Gasteiger partial charge in [0.2, 0.25) is 0 Å². The van der Waals surface area contributed by atoms with Crippen LogP contribution in [0.4, 0.5) is 0 Å². The molecule has 0 aromatic rings. The topological polar surface area (TPSA) is 26.3 Å². The summed E-state index contributed by atoms with van der Waals surface area (Å²) in [6.45, 7) is 26.3. The van der Waals surface area contributed by atoms with E-state index in [1.807, 2.05) is 0 Å². The molecule has 156 valence electrons. The number of ether oxygens (including phenoxy) is 1. The van der Waals surface area contributed by atoms with Crippen LogP contribution >= 0.6 is 0 Å². The average molecular weight is 385 g/mol. The van der Waals surface area contributed by atoms with Crippen molar-refractivity contribution in [3.63, 3.8) is 0 Å². The minimum atomic E-state index is -0.347. The van der Waals surface area contributed by atoms with Crippen LogP contribution in [0.3, 0.4) is 0 Å². The zero-order chi connectivity index (χ0) is 20.8. The van der Waals surface area contributed by atoms with Gasteiger partial charge < -0.3 is 4.74 Å². The molecule has 2 heteroatoms. The van der Waals surface area contributed by atoms with E-state index in [9.17, 15) is 4.79 Å². The molecule has 1 spiro atoms. The number of rotatable bonds is 0. The Hall–Kier alpha value is -0.790. The molecule has 4 saturated carbocycles. The van der Waals surface area contributed by atoms with Gasteiger partial charge in [-0.2, -0.15) is 0 Å². The van der Waals surface area contributed by atoms with Crippen molar-refractivity contribution in [2.75, 3.05) is 0 Å². The summed E-state index contributed by atoms with van der Waals surface area (Å²) in [4.78, 5) is 13.5. The summed E-state index contributed by atoms with van der Waals surface area (Å²) in [6.07, 6.45) is 1.23. The molecular weight excluding hydrogens is 344 g/mol. The summed E-state index contributed by atoms with van der Waals surface area (Å²) in [7, 11) is 0. The highest BCUT2D eigenvalue weighted by Gasteiger charge is 2.86. The minimum absolute atomic E-state index is 0.0977. The van der Waals surface area contributed by atoms with Crippen LogP contribution in [0, 0.1) is 69.5 Å². The molecule has 1 aliphatic heterocycles. The number of hydrogen-bond donors (Lipinski definition) is 0. The second-order valence-electron chi connectivity index (χ2n) is 12.3. The van der Waals surface area contributed by atoms with E-state index < -0.39 is 0 Å². The predicted molar refractivity (Wildman–Crippen MR) is 112 cm³/mol. The fraction of sp³-hybridized carbons (Fsp3) is 0.885. The van der Waals surface area contributed by atoms with E-state index in [4.69, 9.17) is 4.74 Å². The molecule has 0 aromatic heterocycles. The second kappa shape index (κ2) is 4.92. The Labute approximate surface area is 171 Å². The molecule has 4 aliphatic carbocycles. The standard InChI is InChI=1S/C26H40O2/c1-12-15(4)24(10)21-19(8)25-11-23(9,17(6)18(25)7)14(3)13(2)20(25)26(21,16(12)5)28-22(24)27/h12-16,18-21H,6,11H2,1-5,7-10H3/t12?,13?,14?,15?,16?,18-,19+,20?,21?,23+,24-,25+,26-/m1/s1. The number of hydrogen-bond acceptors (Lipinski definition) is 2. The van der Waals surface area contributed by atoms with Gasteiger partial charge in [-0.05, 0) is 65.6 Å². The highest BCUT2D eigenvalue weighted by molar-refractivity contribution is 5.82. The Kier molecular flexibility index (Phi) is 3.37. The first-order chi connectivity index (χ1) is 12.8. The predicted octanol–water partition coefficient (Wildman–Crippen LogP) is 5.97. The molecule has 28 heavy (non-hydrogen) atoms. The van der Waals surface area contributed by atoms with Crippen LogP contribution in [0.5, 0.6) is 0 Å². The van der Waals surface area contributed by atoms with E-state index >= 15 is 0 Å². The Morgan fingerprint density at radius 1 is 0.857 bits per heavy atom. The van der Waals surface area contributed by atoms with Crippen molar-refractivity contribution < 1.29 is 9.53 Å². The van der Waals surface area contributed by atoms with Crippen molar-refractivity contribution in [2.45, 2.75) is 74.3 Å². The molecule has 7 unspecified atom stereocenters. The lowest BCUT2D eigenvalue weighted by Gasteiger charge is -2.56. The van der Waals surface area contributed by atoms with Gasteiger partial charge in [-0.3, -0.25) is 4.79 Å². The number of allylic oxidation sites excluding steroid dienone is 1. The lowest BCUT2D eigenvalue weighted by molar-refractivity contribution is -0.179. The van der Waals surface area contributed by atoms with E-state index in [0.717, 1.165) is 0 Å². The third-order valence-electron chi connectivity index (χ3n) is 12.5. The van der Waals surface area contributed by atoms with Gasteiger partial charge in [-0.1, -0.05) is 67.5 Å². The molecule has 0 radical (unpaired) electrons. The number of esters is 1. The van der Waals surface area contributed by atoms with E-state index in [-0.39, 0.29) is 27.8 Å². The van der Waals surface area contributed by atoms with E-state index in [1.165, 1.54) is 12.0 Å². The van der Waals surface area contributed by atoms with E-state index in [0.29, 0.717) is 53.3 Å². The molecule has 2 nitrogen and oxygen atoms in total. The summed E-state index contributed by atoms with van der Waals surface area (Å²) in [6, 6.07) is 0. The smallest absolute Gasteiger partial charge is 0.313 e. The van der Waals surface area contributed by atoms with Crippen LogP contribution in [0.15, 0.2) is 12.2 Å². The van der Waals surface area contributed by atoms with Crippen molar-refractivity contribution in [3.8, 4) is 0 Å². The highest BCUT2D eigenvalue weighted by Crippen LogP contribution is 2.84. The summed E-state index contributed by atoms with van der Waals surface area (Å²) in [5, 5.41) is 0. The van der Waals surface area contributed by atoms with E-state index in [1.54, 1.807) is 0 Å². The first-order valence-electron chi connectivity index (χ1n) is 11.8. The van der Waals surface area contributed by atoms with Crippen LogP contribution in [0.25, 0.3) is 0 Å². The second-order valence-corrected chi connectivity index (χ2v) is 12.3. The van der Waals surface area contributed by atoms with Crippen molar-refractivity contribution in [2.24, 2.45) is 69.5 Å². The Morgan fingerprint density at radius 3 is 2.07 bits per heavy atom. The molecule has 4 bridgehead atoms. The number of carbonyl (C=O) groups excluding carboxylic acids is 1. The molecule has 1 heterocycles. The van der Waals surface area contributed by atoms with E-state index in [2.05, 4.69) is 68.9 Å². The number of fused-ring (bicyclic) bond motifs is 1. The fourth-order valence-corrected chi connectivity index (χ4v) is 10.5. The van der Waals surface area contributed by atoms with Crippen LogP contribution in [0.1, 0.15) is 68.7 Å². The first kappa shape index (κ1) is 19.2. The molecule has 0 aromatic carbocycles. The maximum atomic E-state index is 13.5. The van der Waals surface area contributed by atoms with Gasteiger partial charge in [-0.15, -0.1) is 0 Å². The highest BCUT2D eigenvalue weighted by atomic mass is 16.6. The van der Waals surface area contributed by atoms with Crippen LogP contribution in [-0.4, -0.2) is 11.6 Å². The van der Waals surface area contributed by atoms with Crippen LogP contribution in [0.2, 0.25) is 0 Å². The lowest BCUT2D eigenvalue weighted by atomic mass is 9.48. The maximum absolute atomic E-state index is 13.5. The third-order valence-corrected chi connectivity index (χ3v) is 12.5. The summed E-state index contributed by atoms with van der Waals surface area (Å²) in [5.41, 5.74) is 1.28. The van der Waals surface area contributed by atoms with Gasteiger partial charge in [0, 0.05) is 11.8 Å². The van der Waals surface area contributed by atoms with Crippen molar-refractivity contribution >= 4 is 5.97 Å².